The van der Waals surface area contributed by atoms with Crippen molar-refractivity contribution in [1.82, 2.24) is 9.55 Å². The summed E-state index contributed by atoms with van der Waals surface area (Å²) in [7, 11) is -0.322. The van der Waals surface area contributed by atoms with Crippen molar-refractivity contribution in [2.75, 3.05) is 13.7 Å². The van der Waals surface area contributed by atoms with Crippen molar-refractivity contribution < 1.29 is 18.7 Å². The number of benzene rings is 2. The Morgan fingerprint density at radius 3 is 2.42 bits per heavy atom. The van der Waals surface area contributed by atoms with E-state index in [0.717, 1.165) is 35.5 Å². The first kappa shape index (κ1) is 27.5. The van der Waals surface area contributed by atoms with Crippen LogP contribution < -0.4 is 15.2 Å². The van der Waals surface area contributed by atoms with E-state index in [1.807, 2.05) is 41.0 Å². The van der Waals surface area contributed by atoms with Crippen LogP contribution in [0.2, 0.25) is 18.1 Å². The Labute approximate surface area is 215 Å². The molecule has 0 fully saturated rings. The topological polar surface area (TPSA) is 88.6 Å². The number of hydrogen-bond acceptors (Lipinski definition) is 5. The standard InChI is InChI=1S/C28H39N3O4Si/c1-28(2,3)36(5,6)35-25(18-31-19-26(27(29)32)30-20-31)11-8-16-34-24-10-7-9-22(17-24)21-12-14-23(33-4)15-13-21/h7,9-10,12-15,17,19-20,25H,8,11,16,18H2,1-6H3,(H2,29,32). The van der Waals surface area contributed by atoms with Crippen LogP contribution in [-0.2, 0) is 11.0 Å². The number of nitrogens with zero attached hydrogens (tertiary/aromatic N) is 2. The molecule has 1 heterocycles. The van der Waals surface area contributed by atoms with Crippen LogP contribution in [0.5, 0.6) is 11.5 Å². The van der Waals surface area contributed by atoms with Gasteiger partial charge in [-0.1, -0.05) is 45.0 Å². The largest absolute Gasteiger partial charge is 0.497 e. The zero-order valence-corrected chi connectivity index (χ0v) is 23.3. The van der Waals surface area contributed by atoms with Crippen LogP contribution in [0.1, 0.15) is 44.1 Å². The van der Waals surface area contributed by atoms with Gasteiger partial charge in [-0.15, -0.1) is 0 Å². The molecule has 3 aromatic rings. The number of carbonyl (C=O) groups is 1. The molecule has 0 spiro atoms. The van der Waals surface area contributed by atoms with Crippen LogP contribution in [-0.4, -0.2) is 43.6 Å². The van der Waals surface area contributed by atoms with E-state index in [0.29, 0.717) is 13.2 Å². The zero-order chi connectivity index (χ0) is 26.3. The van der Waals surface area contributed by atoms with Crippen molar-refractivity contribution in [3.8, 4) is 22.6 Å². The van der Waals surface area contributed by atoms with Crippen molar-refractivity contribution in [2.45, 2.75) is 64.4 Å². The summed E-state index contributed by atoms with van der Waals surface area (Å²) in [5.74, 6) is 1.15. The van der Waals surface area contributed by atoms with Gasteiger partial charge in [0.05, 0.1) is 26.1 Å². The van der Waals surface area contributed by atoms with Crippen LogP contribution in [0.15, 0.2) is 61.1 Å². The minimum Gasteiger partial charge on any atom is -0.497 e. The third-order valence-corrected chi connectivity index (χ3v) is 11.3. The lowest BCUT2D eigenvalue weighted by molar-refractivity contribution is 0.0995. The quantitative estimate of drug-likeness (QED) is 0.242. The highest BCUT2D eigenvalue weighted by Gasteiger charge is 2.39. The number of primary amides is 1. The number of rotatable bonds is 12. The normalized spacial score (nSPS) is 12.8. The van der Waals surface area contributed by atoms with E-state index >= 15 is 0 Å². The minimum atomic E-state index is -1.99. The molecule has 1 unspecified atom stereocenters. The molecule has 3 rings (SSSR count). The number of amides is 1. The third kappa shape index (κ3) is 7.45. The molecule has 194 valence electrons. The van der Waals surface area contributed by atoms with E-state index in [1.165, 1.54) is 0 Å². The second-order valence-corrected chi connectivity index (χ2v) is 15.3. The highest BCUT2D eigenvalue weighted by molar-refractivity contribution is 6.74. The molecule has 1 atom stereocenters. The number of ether oxygens (including phenoxy) is 2. The molecule has 1 amide bonds. The van der Waals surface area contributed by atoms with Crippen LogP contribution in [0, 0.1) is 0 Å². The van der Waals surface area contributed by atoms with Crippen molar-refractivity contribution in [3.05, 3.63) is 66.7 Å². The molecule has 0 saturated heterocycles. The maximum absolute atomic E-state index is 11.4. The predicted octanol–water partition coefficient (Wildman–Crippen LogP) is 5.91. The van der Waals surface area contributed by atoms with Crippen molar-refractivity contribution in [2.24, 2.45) is 5.73 Å². The van der Waals surface area contributed by atoms with Gasteiger partial charge < -0.3 is 24.2 Å². The average molecular weight is 510 g/mol. The molecule has 0 aliphatic carbocycles. The maximum Gasteiger partial charge on any atom is 0.268 e. The summed E-state index contributed by atoms with van der Waals surface area (Å²) in [6.07, 6.45) is 4.97. The van der Waals surface area contributed by atoms with Gasteiger partial charge in [0.1, 0.15) is 17.2 Å². The highest BCUT2D eigenvalue weighted by atomic mass is 28.4. The Bertz CT molecular complexity index is 1140. The maximum atomic E-state index is 11.4. The molecule has 2 aromatic carbocycles. The lowest BCUT2D eigenvalue weighted by Gasteiger charge is -2.39. The number of nitrogens with two attached hydrogens (primary N) is 1. The van der Waals surface area contributed by atoms with Gasteiger partial charge in [-0.3, -0.25) is 4.79 Å². The molecule has 7 nitrogen and oxygen atoms in total. The van der Waals surface area contributed by atoms with Gasteiger partial charge in [-0.05, 0) is 66.4 Å². The number of carbonyl (C=O) groups excluding carboxylic acids is 1. The molecule has 36 heavy (non-hydrogen) atoms. The van der Waals surface area contributed by atoms with Crippen molar-refractivity contribution in [3.63, 3.8) is 0 Å². The molecule has 0 radical (unpaired) electrons. The third-order valence-electron chi connectivity index (χ3n) is 6.76. The van der Waals surface area contributed by atoms with Gasteiger partial charge >= 0.3 is 0 Å². The molecule has 0 saturated carbocycles. The molecule has 1 aromatic heterocycles. The highest BCUT2D eigenvalue weighted by Crippen LogP contribution is 2.38. The SMILES string of the molecule is COc1ccc(-c2cccc(OCCCC(Cn3cnc(C(N)=O)c3)O[Si](C)(C)C(C)(C)C)c2)cc1. The number of hydrogen-bond donors (Lipinski definition) is 1. The Balaban J connectivity index is 1.61. The van der Waals surface area contributed by atoms with E-state index in [9.17, 15) is 4.79 Å². The fourth-order valence-electron chi connectivity index (χ4n) is 3.65. The summed E-state index contributed by atoms with van der Waals surface area (Å²) in [5, 5.41) is 0.0942. The first-order valence-electron chi connectivity index (χ1n) is 12.4. The molecule has 8 heteroatoms. The second-order valence-electron chi connectivity index (χ2n) is 10.6. The molecule has 0 aliphatic heterocycles. The minimum absolute atomic E-state index is 0.0185. The van der Waals surface area contributed by atoms with E-state index in [-0.39, 0.29) is 16.8 Å². The van der Waals surface area contributed by atoms with Crippen LogP contribution in [0.3, 0.4) is 0 Å². The average Bonchev–Trinajstić information content (AvgIpc) is 3.30. The van der Waals surface area contributed by atoms with Crippen LogP contribution >= 0.6 is 0 Å². The van der Waals surface area contributed by atoms with E-state index in [2.05, 4.69) is 51.0 Å². The summed E-state index contributed by atoms with van der Waals surface area (Å²) >= 11 is 0. The second kappa shape index (κ2) is 11.8. The monoisotopic (exact) mass is 509 g/mol. The Morgan fingerprint density at radius 2 is 1.81 bits per heavy atom. The molecule has 2 N–H and O–H groups in total. The molecular formula is C28H39N3O4Si. The fraction of sp³-hybridized carbons (Fsp3) is 0.429. The molecule has 0 bridgehead atoms. The van der Waals surface area contributed by atoms with E-state index < -0.39 is 14.2 Å². The van der Waals surface area contributed by atoms with Gasteiger partial charge in [0.15, 0.2) is 8.32 Å². The number of aromatic nitrogens is 2. The smallest absolute Gasteiger partial charge is 0.268 e. The van der Waals surface area contributed by atoms with Crippen molar-refractivity contribution >= 4 is 14.2 Å². The predicted molar refractivity (Wildman–Crippen MR) is 146 cm³/mol. The van der Waals surface area contributed by atoms with Crippen LogP contribution in [0.4, 0.5) is 0 Å². The molecule has 0 aliphatic rings. The first-order chi connectivity index (χ1) is 17.0. The van der Waals surface area contributed by atoms with Crippen molar-refractivity contribution in [1.29, 1.82) is 0 Å². The number of methoxy groups -OCH3 is 1. The zero-order valence-electron chi connectivity index (χ0n) is 22.3. The fourth-order valence-corrected chi connectivity index (χ4v) is 5.03. The summed E-state index contributed by atoms with van der Waals surface area (Å²) in [5.41, 5.74) is 7.84. The Kier molecular flexibility index (Phi) is 8.97. The van der Waals surface area contributed by atoms with Gasteiger partial charge in [0, 0.05) is 12.7 Å². The van der Waals surface area contributed by atoms with Gasteiger partial charge in [0.25, 0.3) is 5.91 Å². The summed E-state index contributed by atoms with van der Waals surface area (Å²) < 4.78 is 20.0. The Morgan fingerprint density at radius 1 is 1.08 bits per heavy atom. The summed E-state index contributed by atoms with van der Waals surface area (Å²) in [4.78, 5) is 15.6. The lowest BCUT2D eigenvalue weighted by Crippen LogP contribution is -2.45. The van der Waals surface area contributed by atoms with E-state index in [4.69, 9.17) is 19.6 Å². The summed E-state index contributed by atoms with van der Waals surface area (Å²) in [6.45, 7) is 12.4. The first-order valence-corrected chi connectivity index (χ1v) is 15.3. The lowest BCUT2D eigenvalue weighted by atomic mass is 10.1. The van der Waals surface area contributed by atoms with Crippen LogP contribution in [0.25, 0.3) is 11.1 Å². The number of imidazole rings is 1. The van der Waals surface area contributed by atoms with Gasteiger partial charge in [0.2, 0.25) is 0 Å². The Hall–Kier alpha value is -3.10. The van der Waals surface area contributed by atoms with Gasteiger partial charge in [-0.2, -0.15) is 0 Å². The van der Waals surface area contributed by atoms with Gasteiger partial charge in [-0.25, -0.2) is 4.98 Å². The summed E-state index contributed by atoms with van der Waals surface area (Å²) in [6, 6.07) is 16.1. The van der Waals surface area contributed by atoms with E-state index in [1.54, 1.807) is 19.6 Å². The molecular weight excluding hydrogens is 470 g/mol.